The predicted molar refractivity (Wildman–Crippen MR) is 77.6 cm³/mol. The molecular weight excluding hydrogens is 254 g/mol. The van der Waals surface area contributed by atoms with Gasteiger partial charge in [-0.2, -0.15) is 5.26 Å². The van der Waals surface area contributed by atoms with Gasteiger partial charge in [-0.1, -0.05) is 12.1 Å². The Bertz CT molecular complexity index is 602. The maximum Gasteiger partial charge on any atom is 0.140 e. The predicted octanol–water partition coefficient (Wildman–Crippen LogP) is 3.27. The van der Waals surface area contributed by atoms with E-state index in [1.54, 1.807) is 18.0 Å². The lowest BCUT2D eigenvalue weighted by molar-refractivity contribution is 0.815. The molecule has 4 heteroatoms. The molecule has 3 nitrogen and oxygen atoms in total. The number of pyridine rings is 1. The van der Waals surface area contributed by atoms with Crippen LogP contribution >= 0.6 is 11.8 Å². The number of hydrogen-bond acceptors (Lipinski definition) is 4. The quantitative estimate of drug-likeness (QED) is 0.865. The number of aromatic nitrogens is 1. The van der Waals surface area contributed by atoms with Gasteiger partial charge in [-0.15, -0.1) is 11.8 Å². The first-order chi connectivity index (χ1) is 9.19. The zero-order chi connectivity index (χ0) is 13.7. The largest absolute Gasteiger partial charge is 0.324 e. The lowest BCUT2D eigenvalue weighted by atomic mass is 10.1. The van der Waals surface area contributed by atoms with Gasteiger partial charge in [0.15, 0.2) is 0 Å². The molecule has 0 amide bonds. The van der Waals surface area contributed by atoms with Gasteiger partial charge in [0.2, 0.25) is 0 Å². The van der Waals surface area contributed by atoms with Gasteiger partial charge < -0.3 is 5.73 Å². The van der Waals surface area contributed by atoms with Crippen LogP contribution in [0, 0.1) is 11.3 Å². The molecule has 1 atom stereocenters. The second-order valence-electron chi connectivity index (χ2n) is 4.31. The average molecular weight is 269 g/mol. The Morgan fingerprint density at radius 2 is 2.21 bits per heavy atom. The molecule has 0 saturated heterocycles. The van der Waals surface area contributed by atoms with Crippen LogP contribution in [0.2, 0.25) is 0 Å². The fourth-order valence-electron chi connectivity index (χ4n) is 1.68. The van der Waals surface area contributed by atoms with Gasteiger partial charge >= 0.3 is 0 Å². The van der Waals surface area contributed by atoms with E-state index in [1.807, 2.05) is 31.2 Å². The van der Waals surface area contributed by atoms with Gasteiger partial charge in [0, 0.05) is 22.9 Å². The molecule has 0 radical (unpaired) electrons. The highest BCUT2D eigenvalue weighted by Crippen LogP contribution is 2.25. The Labute approximate surface area is 117 Å². The van der Waals surface area contributed by atoms with Crippen molar-refractivity contribution < 1.29 is 0 Å². The summed E-state index contributed by atoms with van der Waals surface area (Å²) < 4.78 is 0. The molecule has 96 valence electrons. The number of nitrogens with two attached hydrogens (primary N) is 1. The molecule has 2 rings (SSSR count). The van der Waals surface area contributed by atoms with E-state index in [0.717, 1.165) is 16.9 Å². The van der Waals surface area contributed by atoms with E-state index in [-0.39, 0.29) is 6.04 Å². The smallest absolute Gasteiger partial charge is 0.140 e. The zero-order valence-electron chi connectivity index (χ0n) is 10.7. The maximum atomic E-state index is 8.81. The van der Waals surface area contributed by atoms with Gasteiger partial charge in [0.05, 0.1) is 0 Å². The van der Waals surface area contributed by atoms with Gasteiger partial charge in [0.1, 0.15) is 11.8 Å². The lowest BCUT2D eigenvalue weighted by Crippen LogP contribution is -2.04. The van der Waals surface area contributed by atoms with Crippen LogP contribution in [0.15, 0.2) is 47.5 Å². The van der Waals surface area contributed by atoms with E-state index >= 15 is 0 Å². The fourth-order valence-corrected chi connectivity index (χ4v) is 2.59. The van der Waals surface area contributed by atoms with Crippen molar-refractivity contribution in [3.8, 4) is 6.07 Å². The fraction of sp³-hybridized carbons (Fsp3) is 0.200. The minimum Gasteiger partial charge on any atom is -0.324 e. The Kier molecular flexibility index (Phi) is 4.56. The average Bonchev–Trinajstić information content (AvgIpc) is 2.45. The van der Waals surface area contributed by atoms with Crippen molar-refractivity contribution in [3.05, 3.63) is 59.4 Å². The zero-order valence-corrected chi connectivity index (χ0v) is 11.5. The minimum atomic E-state index is 0.0478. The van der Waals surface area contributed by atoms with E-state index < -0.39 is 0 Å². The number of hydrogen-bond donors (Lipinski definition) is 1. The van der Waals surface area contributed by atoms with Crippen molar-refractivity contribution >= 4 is 11.8 Å². The van der Waals surface area contributed by atoms with Gasteiger partial charge in [0.25, 0.3) is 0 Å². The van der Waals surface area contributed by atoms with E-state index in [2.05, 4.69) is 23.2 Å². The minimum absolute atomic E-state index is 0.0478. The van der Waals surface area contributed by atoms with Crippen molar-refractivity contribution in [2.45, 2.75) is 23.6 Å². The second kappa shape index (κ2) is 6.37. The van der Waals surface area contributed by atoms with Crippen LogP contribution in [-0.2, 0) is 5.75 Å². The van der Waals surface area contributed by atoms with Gasteiger partial charge in [-0.3, -0.25) is 0 Å². The molecule has 1 heterocycles. The molecule has 1 unspecified atom stereocenters. The summed E-state index contributed by atoms with van der Waals surface area (Å²) in [6.07, 6.45) is 1.67. The number of rotatable bonds is 4. The summed E-state index contributed by atoms with van der Waals surface area (Å²) in [5.41, 5.74) is 8.57. The summed E-state index contributed by atoms with van der Waals surface area (Å²) >= 11 is 1.73. The monoisotopic (exact) mass is 269 g/mol. The maximum absolute atomic E-state index is 8.81. The van der Waals surface area contributed by atoms with Crippen molar-refractivity contribution in [1.82, 2.24) is 4.98 Å². The highest BCUT2D eigenvalue weighted by Gasteiger charge is 2.02. The Balaban J connectivity index is 2.06. The van der Waals surface area contributed by atoms with Crippen LogP contribution in [0.4, 0.5) is 0 Å². The Hall–Kier alpha value is -1.83. The molecule has 2 N–H and O–H groups in total. The summed E-state index contributed by atoms with van der Waals surface area (Å²) in [6, 6.07) is 14.1. The number of nitriles is 1. The summed E-state index contributed by atoms with van der Waals surface area (Å²) in [5, 5.41) is 8.81. The molecule has 1 aromatic heterocycles. The molecule has 1 aromatic carbocycles. The first kappa shape index (κ1) is 13.6. The lowest BCUT2D eigenvalue weighted by Gasteiger charge is -2.08. The first-order valence-electron chi connectivity index (χ1n) is 6.02. The Morgan fingerprint density at radius 1 is 1.37 bits per heavy atom. The third kappa shape index (κ3) is 3.82. The van der Waals surface area contributed by atoms with Gasteiger partial charge in [-0.25, -0.2) is 4.98 Å². The Morgan fingerprint density at radius 3 is 2.95 bits per heavy atom. The number of benzene rings is 1. The topological polar surface area (TPSA) is 62.7 Å². The molecule has 0 aliphatic carbocycles. The molecule has 0 bridgehead atoms. The van der Waals surface area contributed by atoms with E-state index in [4.69, 9.17) is 11.0 Å². The molecule has 0 spiro atoms. The highest BCUT2D eigenvalue weighted by molar-refractivity contribution is 7.98. The van der Waals surface area contributed by atoms with Crippen molar-refractivity contribution in [2.24, 2.45) is 5.73 Å². The van der Waals surface area contributed by atoms with Crippen LogP contribution in [0.25, 0.3) is 0 Å². The van der Waals surface area contributed by atoms with Crippen LogP contribution in [0.3, 0.4) is 0 Å². The standard InChI is InChI=1S/C15H15N3S/c1-11(17)13-3-2-4-15(8-13)19-10-12-5-6-18-14(7-12)9-16/h2-8,11H,10,17H2,1H3. The van der Waals surface area contributed by atoms with Gasteiger partial charge in [-0.05, 0) is 42.3 Å². The molecule has 0 aliphatic rings. The van der Waals surface area contributed by atoms with Crippen LogP contribution in [0.1, 0.15) is 29.8 Å². The molecule has 0 fully saturated rings. The van der Waals surface area contributed by atoms with Crippen molar-refractivity contribution in [1.29, 1.82) is 5.26 Å². The molecule has 0 aliphatic heterocycles. The summed E-state index contributed by atoms with van der Waals surface area (Å²) in [4.78, 5) is 5.15. The molecule has 0 saturated carbocycles. The van der Waals surface area contributed by atoms with E-state index in [9.17, 15) is 0 Å². The molecule has 19 heavy (non-hydrogen) atoms. The second-order valence-corrected chi connectivity index (χ2v) is 5.36. The number of thioether (sulfide) groups is 1. The van der Waals surface area contributed by atoms with Crippen LogP contribution < -0.4 is 5.73 Å². The van der Waals surface area contributed by atoms with E-state index in [1.165, 1.54) is 4.90 Å². The summed E-state index contributed by atoms with van der Waals surface area (Å²) in [5.74, 6) is 0.819. The normalized spacial score (nSPS) is 11.8. The van der Waals surface area contributed by atoms with Crippen LogP contribution in [0.5, 0.6) is 0 Å². The number of nitrogens with zero attached hydrogens (tertiary/aromatic N) is 2. The van der Waals surface area contributed by atoms with E-state index in [0.29, 0.717) is 5.69 Å². The third-order valence-electron chi connectivity index (χ3n) is 2.73. The first-order valence-corrected chi connectivity index (χ1v) is 7.01. The van der Waals surface area contributed by atoms with Crippen molar-refractivity contribution in [2.75, 3.05) is 0 Å². The van der Waals surface area contributed by atoms with Crippen LogP contribution in [-0.4, -0.2) is 4.98 Å². The molecule has 2 aromatic rings. The molecular formula is C15H15N3S. The summed E-state index contributed by atoms with van der Waals surface area (Å²) in [7, 11) is 0. The highest BCUT2D eigenvalue weighted by atomic mass is 32.2. The summed E-state index contributed by atoms with van der Waals surface area (Å²) in [6.45, 7) is 1.98. The van der Waals surface area contributed by atoms with Crippen molar-refractivity contribution in [3.63, 3.8) is 0 Å². The third-order valence-corrected chi connectivity index (χ3v) is 3.79. The SMILES string of the molecule is CC(N)c1cccc(SCc2ccnc(C#N)c2)c1.